The molecule has 2 rings (SSSR count). The quantitative estimate of drug-likeness (QED) is 0.648. The van der Waals surface area contributed by atoms with Crippen LogP contribution in [0.25, 0.3) is 0 Å². The molecule has 0 spiro atoms. The molecule has 1 fully saturated rings. The van der Waals surface area contributed by atoms with Gasteiger partial charge in [-0.1, -0.05) is 12.5 Å². The molecule has 0 N–H and O–H groups in total. The third kappa shape index (κ3) is 2.68. The summed E-state index contributed by atoms with van der Waals surface area (Å²) in [6.07, 6.45) is 11.6. The summed E-state index contributed by atoms with van der Waals surface area (Å²) in [4.78, 5) is 11.7. The molecule has 2 aliphatic carbocycles. The first-order valence-corrected chi connectivity index (χ1v) is 5.58. The average Bonchev–Trinajstić information content (AvgIpc) is 2.87. The molecule has 0 heterocycles. The van der Waals surface area contributed by atoms with Crippen molar-refractivity contribution in [3.8, 4) is 0 Å². The van der Waals surface area contributed by atoms with Crippen molar-refractivity contribution in [3.05, 3.63) is 11.6 Å². The molecule has 0 bridgehead atoms. The standard InChI is InChI=1S/C12H18O/c13-12(9-10-7-8-10)11-5-3-1-2-4-6-11/h5,10H,1-4,6-9H2. The van der Waals surface area contributed by atoms with Gasteiger partial charge in [0.15, 0.2) is 5.78 Å². The lowest BCUT2D eigenvalue weighted by atomic mass is 10.0. The molecule has 0 amide bonds. The van der Waals surface area contributed by atoms with Crippen LogP contribution in [0.5, 0.6) is 0 Å². The predicted octanol–water partition coefficient (Wildman–Crippen LogP) is 3.25. The number of allylic oxidation sites excluding steroid dienone is 2. The van der Waals surface area contributed by atoms with E-state index in [0.717, 1.165) is 30.8 Å². The van der Waals surface area contributed by atoms with E-state index in [2.05, 4.69) is 6.08 Å². The van der Waals surface area contributed by atoms with Crippen molar-refractivity contribution < 1.29 is 4.79 Å². The second kappa shape index (κ2) is 4.08. The lowest BCUT2D eigenvalue weighted by Gasteiger charge is -2.02. The Morgan fingerprint density at radius 1 is 1.31 bits per heavy atom. The second-order valence-corrected chi connectivity index (χ2v) is 4.40. The van der Waals surface area contributed by atoms with Gasteiger partial charge < -0.3 is 0 Å². The molecule has 0 unspecified atom stereocenters. The summed E-state index contributed by atoms with van der Waals surface area (Å²) in [6.45, 7) is 0. The van der Waals surface area contributed by atoms with Crippen molar-refractivity contribution in [2.24, 2.45) is 5.92 Å². The van der Waals surface area contributed by atoms with E-state index < -0.39 is 0 Å². The van der Waals surface area contributed by atoms with Gasteiger partial charge in [0.1, 0.15) is 0 Å². The van der Waals surface area contributed by atoms with Crippen molar-refractivity contribution >= 4 is 5.78 Å². The van der Waals surface area contributed by atoms with Crippen LogP contribution in [0.4, 0.5) is 0 Å². The van der Waals surface area contributed by atoms with E-state index in [9.17, 15) is 4.79 Å². The Morgan fingerprint density at radius 3 is 2.92 bits per heavy atom. The van der Waals surface area contributed by atoms with Crippen LogP contribution < -0.4 is 0 Å². The molecular weight excluding hydrogens is 160 g/mol. The summed E-state index contributed by atoms with van der Waals surface area (Å²) < 4.78 is 0. The zero-order chi connectivity index (χ0) is 9.10. The Bertz CT molecular complexity index is 223. The van der Waals surface area contributed by atoms with Gasteiger partial charge in [-0.15, -0.1) is 0 Å². The number of carbonyl (C=O) groups is 1. The predicted molar refractivity (Wildman–Crippen MR) is 53.5 cm³/mol. The molecule has 2 aliphatic rings. The fraction of sp³-hybridized carbons (Fsp3) is 0.750. The maximum atomic E-state index is 11.7. The van der Waals surface area contributed by atoms with E-state index in [1.165, 1.54) is 32.1 Å². The van der Waals surface area contributed by atoms with Gasteiger partial charge in [0.2, 0.25) is 0 Å². The van der Waals surface area contributed by atoms with E-state index in [4.69, 9.17) is 0 Å². The van der Waals surface area contributed by atoms with Crippen LogP contribution in [0.2, 0.25) is 0 Å². The third-order valence-electron chi connectivity index (χ3n) is 3.07. The molecule has 0 radical (unpaired) electrons. The minimum atomic E-state index is 0.449. The summed E-state index contributed by atoms with van der Waals surface area (Å²) in [7, 11) is 0. The van der Waals surface area contributed by atoms with E-state index >= 15 is 0 Å². The topological polar surface area (TPSA) is 17.1 Å². The molecule has 0 aliphatic heterocycles. The minimum absolute atomic E-state index is 0.449. The fourth-order valence-electron chi connectivity index (χ4n) is 1.98. The molecule has 0 atom stereocenters. The Morgan fingerprint density at radius 2 is 2.15 bits per heavy atom. The minimum Gasteiger partial charge on any atom is -0.295 e. The maximum absolute atomic E-state index is 11.7. The summed E-state index contributed by atoms with van der Waals surface area (Å²) in [6, 6.07) is 0. The molecule has 0 aromatic rings. The van der Waals surface area contributed by atoms with Crippen molar-refractivity contribution in [1.82, 2.24) is 0 Å². The lowest BCUT2D eigenvalue weighted by Crippen LogP contribution is -2.03. The Labute approximate surface area is 80.2 Å². The molecular formula is C12H18O. The van der Waals surface area contributed by atoms with Gasteiger partial charge >= 0.3 is 0 Å². The Balaban J connectivity index is 1.88. The highest BCUT2D eigenvalue weighted by atomic mass is 16.1. The third-order valence-corrected chi connectivity index (χ3v) is 3.07. The normalized spacial score (nSPS) is 23.5. The molecule has 0 aromatic heterocycles. The highest BCUT2D eigenvalue weighted by Gasteiger charge is 2.25. The Hall–Kier alpha value is -0.590. The smallest absolute Gasteiger partial charge is 0.158 e. The van der Waals surface area contributed by atoms with Gasteiger partial charge in [0.05, 0.1) is 0 Å². The van der Waals surface area contributed by atoms with E-state index in [1.807, 2.05) is 0 Å². The van der Waals surface area contributed by atoms with Crippen molar-refractivity contribution in [1.29, 1.82) is 0 Å². The zero-order valence-corrected chi connectivity index (χ0v) is 8.22. The number of hydrogen-bond donors (Lipinski definition) is 0. The van der Waals surface area contributed by atoms with Crippen LogP contribution in [0.1, 0.15) is 51.4 Å². The molecule has 1 heteroatoms. The monoisotopic (exact) mass is 178 g/mol. The lowest BCUT2D eigenvalue weighted by molar-refractivity contribution is -0.116. The van der Waals surface area contributed by atoms with Gasteiger partial charge in [-0.2, -0.15) is 0 Å². The summed E-state index contributed by atoms with van der Waals surface area (Å²) in [5.41, 5.74) is 1.14. The summed E-state index contributed by atoms with van der Waals surface area (Å²) in [5, 5.41) is 0. The van der Waals surface area contributed by atoms with Crippen LogP contribution in [0.3, 0.4) is 0 Å². The van der Waals surface area contributed by atoms with E-state index in [0.29, 0.717) is 5.78 Å². The maximum Gasteiger partial charge on any atom is 0.158 e. The molecule has 1 saturated carbocycles. The SMILES string of the molecule is O=C(CC1CC1)C1=CCCCCC1. The van der Waals surface area contributed by atoms with Gasteiger partial charge in [0.25, 0.3) is 0 Å². The number of hydrogen-bond acceptors (Lipinski definition) is 1. The highest BCUT2D eigenvalue weighted by Crippen LogP contribution is 2.34. The molecule has 1 nitrogen and oxygen atoms in total. The summed E-state index contributed by atoms with van der Waals surface area (Å²) >= 11 is 0. The second-order valence-electron chi connectivity index (χ2n) is 4.40. The number of ketones is 1. The molecule has 0 aromatic carbocycles. The van der Waals surface area contributed by atoms with Crippen LogP contribution in [0.15, 0.2) is 11.6 Å². The first kappa shape index (κ1) is 8.98. The Kier molecular flexibility index (Phi) is 2.82. The van der Waals surface area contributed by atoms with Gasteiger partial charge in [0, 0.05) is 6.42 Å². The van der Waals surface area contributed by atoms with Crippen LogP contribution in [-0.2, 0) is 4.79 Å². The van der Waals surface area contributed by atoms with Crippen LogP contribution in [-0.4, -0.2) is 5.78 Å². The van der Waals surface area contributed by atoms with Crippen LogP contribution in [0, 0.1) is 5.92 Å². The number of rotatable bonds is 3. The van der Waals surface area contributed by atoms with E-state index in [-0.39, 0.29) is 0 Å². The highest BCUT2D eigenvalue weighted by molar-refractivity contribution is 5.95. The first-order chi connectivity index (χ1) is 6.36. The molecule has 72 valence electrons. The van der Waals surface area contributed by atoms with Gasteiger partial charge in [-0.3, -0.25) is 4.79 Å². The molecule has 0 saturated heterocycles. The van der Waals surface area contributed by atoms with E-state index in [1.54, 1.807) is 0 Å². The average molecular weight is 178 g/mol. The fourth-order valence-corrected chi connectivity index (χ4v) is 1.98. The van der Waals surface area contributed by atoms with Crippen LogP contribution >= 0.6 is 0 Å². The number of Topliss-reactive ketones (excluding diaryl/α,β-unsaturated/α-hetero) is 1. The number of carbonyl (C=O) groups excluding carboxylic acids is 1. The largest absolute Gasteiger partial charge is 0.295 e. The zero-order valence-electron chi connectivity index (χ0n) is 8.22. The van der Waals surface area contributed by atoms with Crippen molar-refractivity contribution in [2.75, 3.05) is 0 Å². The molecule has 13 heavy (non-hydrogen) atoms. The van der Waals surface area contributed by atoms with Crippen molar-refractivity contribution in [2.45, 2.75) is 51.4 Å². The van der Waals surface area contributed by atoms with Crippen molar-refractivity contribution in [3.63, 3.8) is 0 Å². The van der Waals surface area contributed by atoms with Gasteiger partial charge in [-0.25, -0.2) is 0 Å². The first-order valence-electron chi connectivity index (χ1n) is 5.58. The van der Waals surface area contributed by atoms with Gasteiger partial charge in [-0.05, 0) is 50.0 Å². The summed E-state index contributed by atoms with van der Waals surface area (Å²) in [5.74, 6) is 1.20.